The van der Waals surface area contributed by atoms with Gasteiger partial charge in [-0.2, -0.15) is 0 Å². The van der Waals surface area contributed by atoms with Crippen molar-refractivity contribution in [3.8, 4) is 0 Å². The molecule has 0 heterocycles. The van der Waals surface area contributed by atoms with E-state index in [4.69, 9.17) is 5.11 Å². The molecule has 0 aromatic carbocycles. The van der Waals surface area contributed by atoms with Gasteiger partial charge < -0.3 is 5.11 Å². The molecule has 1 N–H and O–H groups in total. The third-order valence-corrected chi connectivity index (χ3v) is 2.94. The number of carboxylic acids is 1. The van der Waals surface area contributed by atoms with Crippen LogP contribution in [-0.4, -0.2) is 21.3 Å². The van der Waals surface area contributed by atoms with E-state index in [0.29, 0.717) is 0 Å². The molecule has 7 heavy (non-hydrogen) atoms. The smallest absolute Gasteiger partial charge is 0.305 e. The summed E-state index contributed by atoms with van der Waals surface area (Å²) < 4.78 is 0. The lowest BCUT2D eigenvalue weighted by Gasteiger charge is -1.94. The molecule has 40 valence electrons. The molecule has 0 atom stereocenters. The summed E-state index contributed by atoms with van der Waals surface area (Å²) in [7, 11) is 0.824. The number of carboxylic acid groups (broad SMARTS) is 1. The van der Waals surface area contributed by atoms with Gasteiger partial charge in [-0.05, 0) is 12.8 Å². The summed E-state index contributed by atoms with van der Waals surface area (Å²) >= 11 is 0. The monoisotopic (exact) mass is 116 g/mol. The normalized spacial score (nSPS) is 24.6. The van der Waals surface area contributed by atoms with Crippen molar-refractivity contribution in [2.75, 3.05) is 0 Å². The Morgan fingerprint density at radius 2 is 2.14 bits per heavy atom. The topological polar surface area (TPSA) is 37.3 Å². The van der Waals surface area contributed by atoms with Gasteiger partial charge in [-0.15, -0.1) is 0 Å². The standard InChI is InChI=1S/C4H8O2Si/c5-3(6)4(7)1-2-4/h1-2H2,7H3,(H,5,6). The molecule has 0 unspecified atom stereocenters. The highest BCUT2D eigenvalue weighted by Crippen LogP contribution is 2.50. The first-order valence-corrected chi connectivity index (χ1v) is 3.38. The van der Waals surface area contributed by atoms with Gasteiger partial charge in [-0.3, -0.25) is 4.79 Å². The Labute approximate surface area is 45.0 Å². The van der Waals surface area contributed by atoms with E-state index in [2.05, 4.69) is 0 Å². The van der Waals surface area contributed by atoms with E-state index in [1.165, 1.54) is 0 Å². The molecule has 0 aromatic rings. The van der Waals surface area contributed by atoms with Crippen LogP contribution in [0.5, 0.6) is 0 Å². The second kappa shape index (κ2) is 1.09. The number of rotatable bonds is 1. The highest BCUT2D eigenvalue weighted by molar-refractivity contribution is 6.29. The van der Waals surface area contributed by atoms with Crippen molar-refractivity contribution < 1.29 is 9.90 Å². The molecule has 1 aliphatic rings. The molecule has 1 fully saturated rings. The van der Waals surface area contributed by atoms with Crippen LogP contribution in [0.1, 0.15) is 12.8 Å². The van der Waals surface area contributed by atoms with Crippen molar-refractivity contribution in [3.63, 3.8) is 0 Å². The van der Waals surface area contributed by atoms with Crippen LogP contribution in [0.2, 0.25) is 5.04 Å². The molecule has 0 aliphatic heterocycles. The van der Waals surface area contributed by atoms with Crippen LogP contribution in [0.3, 0.4) is 0 Å². The Morgan fingerprint density at radius 3 is 2.14 bits per heavy atom. The van der Waals surface area contributed by atoms with Crippen LogP contribution in [0.4, 0.5) is 0 Å². The Balaban J connectivity index is 2.55. The lowest BCUT2D eigenvalue weighted by atomic mass is 10.4. The molecule has 1 saturated carbocycles. The van der Waals surface area contributed by atoms with E-state index in [9.17, 15) is 4.79 Å². The molecule has 2 nitrogen and oxygen atoms in total. The Bertz CT molecular complexity index is 106. The fourth-order valence-electron chi connectivity index (χ4n) is 0.401. The van der Waals surface area contributed by atoms with Crippen molar-refractivity contribution in [2.45, 2.75) is 17.9 Å². The zero-order chi connectivity index (χ0) is 5.49. The van der Waals surface area contributed by atoms with E-state index >= 15 is 0 Å². The fourth-order valence-corrected chi connectivity index (χ4v) is 0.651. The number of carbonyl (C=O) groups is 1. The highest BCUT2D eigenvalue weighted by atomic mass is 28.1. The van der Waals surface area contributed by atoms with Crippen LogP contribution < -0.4 is 0 Å². The lowest BCUT2D eigenvalue weighted by molar-refractivity contribution is -0.137. The van der Waals surface area contributed by atoms with Gasteiger partial charge in [0, 0.05) is 10.2 Å². The fraction of sp³-hybridized carbons (Fsp3) is 0.750. The molecule has 0 aromatic heterocycles. The minimum Gasteiger partial charge on any atom is -0.481 e. The Kier molecular flexibility index (Phi) is 0.756. The highest BCUT2D eigenvalue weighted by Gasteiger charge is 2.44. The van der Waals surface area contributed by atoms with E-state index < -0.39 is 5.97 Å². The van der Waals surface area contributed by atoms with Crippen LogP contribution in [-0.2, 0) is 4.79 Å². The summed E-state index contributed by atoms with van der Waals surface area (Å²) in [6.07, 6.45) is 1.85. The summed E-state index contributed by atoms with van der Waals surface area (Å²) in [6.45, 7) is 0. The van der Waals surface area contributed by atoms with E-state index in [0.717, 1.165) is 23.1 Å². The average Bonchev–Trinajstić information content (AvgIpc) is 2.21. The molecule has 0 radical (unpaired) electrons. The maximum Gasteiger partial charge on any atom is 0.305 e. The molecule has 0 amide bonds. The number of hydrogen-bond donors (Lipinski definition) is 1. The van der Waals surface area contributed by atoms with E-state index in [1.807, 2.05) is 0 Å². The summed E-state index contributed by atoms with van der Waals surface area (Å²) in [4.78, 5) is 10.1. The van der Waals surface area contributed by atoms with Crippen molar-refractivity contribution in [2.24, 2.45) is 0 Å². The van der Waals surface area contributed by atoms with Gasteiger partial charge in [-0.25, -0.2) is 0 Å². The summed E-state index contributed by atoms with van der Waals surface area (Å²) in [6, 6.07) is 0. The van der Waals surface area contributed by atoms with E-state index in [-0.39, 0.29) is 5.04 Å². The SMILES string of the molecule is O=C(O)C1([SiH3])CC1. The van der Waals surface area contributed by atoms with Gasteiger partial charge in [0.25, 0.3) is 0 Å². The summed E-state index contributed by atoms with van der Waals surface area (Å²) in [5.41, 5.74) is 0. The molecular formula is C4H8O2Si. The molecule has 1 rings (SSSR count). The molecular weight excluding hydrogens is 108 g/mol. The first-order chi connectivity index (χ1) is 3.15. The second-order valence-corrected chi connectivity index (χ2v) is 4.28. The number of aliphatic carboxylic acids is 1. The van der Waals surface area contributed by atoms with Crippen LogP contribution in [0.15, 0.2) is 0 Å². The molecule has 3 heteroatoms. The third-order valence-electron chi connectivity index (χ3n) is 1.52. The first kappa shape index (κ1) is 4.84. The second-order valence-electron chi connectivity index (χ2n) is 2.37. The van der Waals surface area contributed by atoms with Gasteiger partial charge in [0.15, 0.2) is 0 Å². The van der Waals surface area contributed by atoms with Crippen molar-refractivity contribution in [1.29, 1.82) is 0 Å². The minimum atomic E-state index is -0.584. The van der Waals surface area contributed by atoms with Crippen molar-refractivity contribution in [3.05, 3.63) is 0 Å². The van der Waals surface area contributed by atoms with Crippen molar-refractivity contribution >= 4 is 16.2 Å². The van der Waals surface area contributed by atoms with E-state index in [1.54, 1.807) is 0 Å². The maximum absolute atomic E-state index is 10.1. The van der Waals surface area contributed by atoms with Gasteiger partial charge >= 0.3 is 5.97 Å². The van der Waals surface area contributed by atoms with Crippen LogP contribution >= 0.6 is 0 Å². The Morgan fingerprint density at radius 1 is 1.71 bits per heavy atom. The third kappa shape index (κ3) is 0.677. The number of hydrogen-bond acceptors (Lipinski definition) is 1. The van der Waals surface area contributed by atoms with Gasteiger partial charge in [-0.1, -0.05) is 0 Å². The van der Waals surface area contributed by atoms with Crippen LogP contribution in [0, 0.1) is 0 Å². The predicted octanol–water partition coefficient (Wildman–Crippen LogP) is -0.611. The molecule has 0 saturated heterocycles. The zero-order valence-electron chi connectivity index (χ0n) is 4.27. The quantitative estimate of drug-likeness (QED) is 0.464. The van der Waals surface area contributed by atoms with Gasteiger partial charge in [0.1, 0.15) is 0 Å². The molecule has 0 bridgehead atoms. The van der Waals surface area contributed by atoms with Gasteiger partial charge in [0.2, 0.25) is 0 Å². The van der Waals surface area contributed by atoms with Crippen molar-refractivity contribution in [1.82, 2.24) is 0 Å². The maximum atomic E-state index is 10.1. The molecule has 1 aliphatic carbocycles. The zero-order valence-corrected chi connectivity index (χ0v) is 6.27. The summed E-state index contributed by atoms with van der Waals surface area (Å²) in [5.74, 6) is -0.584. The Hall–Kier alpha value is -0.313. The minimum absolute atomic E-state index is 0.194. The van der Waals surface area contributed by atoms with Gasteiger partial charge in [0.05, 0.1) is 5.04 Å². The first-order valence-electron chi connectivity index (χ1n) is 2.38. The van der Waals surface area contributed by atoms with Crippen LogP contribution in [0.25, 0.3) is 0 Å². The largest absolute Gasteiger partial charge is 0.481 e. The summed E-state index contributed by atoms with van der Waals surface area (Å²) in [5, 5.41) is 8.15. The average molecular weight is 116 g/mol. The lowest BCUT2D eigenvalue weighted by Crippen LogP contribution is -2.06. The predicted molar refractivity (Wildman–Crippen MR) is 29.5 cm³/mol. The molecule has 0 spiro atoms.